The zero-order valence-corrected chi connectivity index (χ0v) is 17.8. The van der Waals surface area contributed by atoms with Gasteiger partial charge in [0, 0.05) is 45.0 Å². The maximum Gasteiger partial charge on any atom is 0.259 e. The van der Waals surface area contributed by atoms with Crippen LogP contribution < -0.4 is 5.32 Å². The van der Waals surface area contributed by atoms with E-state index >= 15 is 0 Å². The lowest BCUT2D eigenvalue weighted by Gasteiger charge is -2.14. The van der Waals surface area contributed by atoms with Gasteiger partial charge in [-0.3, -0.25) is 9.59 Å². The molecule has 1 aliphatic rings. The smallest absolute Gasteiger partial charge is 0.259 e. The summed E-state index contributed by atoms with van der Waals surface area (Å²) in [5, 5.41) is 13.8. The van der Waals surface area contributed by atoms with Crippen molar-refractivity contribution in [2.45, 2.75) is 26.7 Å². The number of likely N-dealkylation sites (tertiary alicyclic amines) is 1. The summed E-state index contributed by atoms with van der Waals surface area (Å²) in [7, 11) is 3.66. The molecule has 2 aromatic heterocycles. The Bertz CT molecular complexity index is 1140. The molecule has 2 amide bonds. The normalized spacial score (nSPS) is 14.1. The number of fused-ring (bicyclic) bond motifs is 1. The zero-order valence-electron chi connectivity index (χ0n) is 17.8. The fraction of sp³-hybridized carbons (Fsp3) is 0.409. The van der Waals surface area contributed by atoms with Crippen molar-refractivity contribution >= 4 is 28.5 Å². The minimum Gasteiger partial charge on any atom is -0.505 e. The molecular weight excluding hydrogens is 382 g/mol. The van der Waals surface area contributed by atoms with Gasteiger partial charge in [0.2, 0.25) is 5.91 Å². The molecule has 158 valence electrons. The Hall–Kier alpha value is -3.29. The van der Waals surface area contributed by atoms with Gasteiger partial charge in [0.1, 0.15) is 5.69 Å². The summed E-state index contributed by atoms with van der Waals surface area (Å²) in [5.41, 5.74) is 3.02. The highest BCUT2D eigenvalue weighted by Crippen LogP contribution is 2.36. The van der Waals surface area contributed by atoms with Crippen molar-refractivity contribution in [3.8, 4) is 17.3 Å². The Morgan fingerprint density at radius 1 is 1.17 bits per heavy atom. The van der Waals surface area contributed by atoms with Gasteiger partial charge in [0.15, 0.2) is 11.6 Å². The van der Waals surface area contributed by atoms with Crippen molar-refractivity contribution in [1.29, 1.82) is 0 Å². The van der Waals surface area contributed by atoms with Crippen LogP contribution in [-0.4, -0.2) is 49.0 Å². The highest BCUT2D eigenvalue weighted by atomic mass is 16.3. The lowest BCUT2D eigenvalue weighted by molar-refractivity contribution is -0.118. The van der Waals surface area contributed by atoms with Gasteiger partial charge in [0.05, 0.1) is 16.6 Å². The van der Waals surface area contributed by atoms with Gasteiger partial charge >= 0.3 is 0 Å². The second-order valence-electron chi connectivity index (χ2n) is 8.19. The summed E-state index contributed by atoms with van der Waals surface area (Å²) in [4.78, 5) is 31.3. The lowest BCUT2D eigenvalue weighted by Crippen LogP contribution is -2.27. The number of carbonyl (C=O) groups is 2. The molecule has 0 saturated carbocycles. The van der Waals surface area contributed by atoms with Gasteiger partial charge in [-0.2, -0.15) is 0 Å². The number of imidazole rings is 1. The van der Waals surface area contributed by atoms with E-state index in [2.05, 4.69) is 5.32 Å². The molecule has 0 unspecified atom stereocenters. The number of rotatable bonds is 4. The highest BCUT2D eigenvalue weighted by Gasteiger charge is 2.28. The first kappa shape index (κ1) is 20.0. The number of nitrogens with one attached hydrogen (secondary N) is 1. The Balaban J connectivity index is 1.73. The van der Waals surface area contributed by atoms with Gasteiger partial charge in [-0.15, -0.1) is 0 Å². The third kappa shape index (κ3) is 3.32. The van der Waals surface area contributed by atoms with Crippen LogP contribution in [0.3, 0.4) is 0 Å². The molecule has 1 aromatic carbocycles. The molecule has 8 heteroatoms. The van der Waals surface area contributed by atoms with Crippen LogP contribution in [-0.2, 0) is 18.9 Å². The first-order valence-electron chi connectivity index (χ1n) is 10.2. The average Bonchev–Trinajstić information content (AvgIpc) is 3.41. The molecule has 0 atom stereocenters. The molecule has 1 saturated heterocycles. The monoisotopic (exact) mass is 409 g/mol. The first-order valence-corrected chi connectivity index (χ1v) is 10.2. The fourth-order valence-electron chi connectivity index (χ4n) is 3.90. The second-order valence-corrected chi connectivity index (χ2v) is 8.19. The number of hydrogen-bond donors (Lipinski definition) is 2. The quantitative estimate of drug-likeness (QED) is 0.693. The summed E-state index contributed by atoms with van der Waals surface area (Å²) in [5.74, 6) is 0.172. The third-order valence-corrected chi connectivity index (χ3v) is 5.66. The number of hydrogen-bond acceptors (Lipinski definition) is 4. The molecule has 4 rings (SSSR count). The molecule has 0 spiro atoms. The van der Waals surface area contributed by atoms with E-state index in [0.717, 1.165) is 31.4 Å². The second kappa shape index (κ2) is 7.51. The van der Waals surface area contributed by atoms with Crippen LogP contribution in [0.4, 0.5) is 5.69 Å². The van der Waals surface area contributed by atoms with Crippen LogP contribution in [0.1, 0.15) is 37.0 Å². The van der Waals surface area contributed by atoms with Gasteiger partial charge in [-0.1, -0.05) is 13.8 Å². The maximum atomic E-state index is 12.8. The molecule has 1 fully saturated rings. The van der Waals surface area contributed by atoms with E-state index in [0.29, 0.717) is 28.3 Å². The standard InChI is InChI=1S/C22H27N5O3/c1-13(2)21(29)23-14-7-8-17-16(11-14)24-20(26(17)4)18-19(28)15(12-25(18)3)22(30)27-9-5-6-10-27/h7-8,11-13,28H,5-6,9-10H2,1-4H3,(H,23,29). The molecule has 3 heterocycles. The van der Waals surface area contributed by atoms with E-state index in [1.54, 1.807) is 22.7 Å². The summed E-state index contributed by atoms with van der Waals surface area (Å²) >= 11 is 0. The minimum absolute atomic E-state index is 0.0545. The minimum atomic E-state index is -0.149. The number of aryl methyl sites for hydroxylation is 2. The average molecular weight is 409 g/mol. The van der Waals surface area contributed by atoms with Crippen LogP contribution in [0.2, 0.25) is 0 Å². The molecule has 30 heavy (non-hydrogen) atoms. The number of benzene rings is 1. The topological polar surface area (TPSA) is 92.4 Å². The van der Waals surface area contributed by atoms with Crippen molar-refractivity contribution in [3.05, 3.63) is 30.0 Å². The number of anilines is 1. The number of amides is 2. The van der Waals surface area contributed by atoms with E-state index in [-0.39, 0.29) is 23.5 Å². The third-order valence-electron chi connectivity index (χ3n) is 5.66. The highest BCUT2D eigenvalue weighted by molar-refractivity contribution is 5.99. The molecular formula is C22H27N5O3. The molecule has 3 aromatic rings. The first-order chi connectivity index (χ1) is 14.3. The van der Waals surface area contributed by atoms with Crippen molar-refractivity contribution in [2.24, 2.45) is 20.0 Å². The number of carbonyl (C=O) groups excluding carboxylic acids is 2. The van der Waals surface area contributed by atoms with Crippen LogP contribution in [0.15, 0.2) is 24.4 Å². The summed E-state index contributed by atoms with van der Waals surface area (Å²) in [6.07, 6.45) is 3.65. The van der Waals surface area contributed by atoms with Crippen molar-refractivity contribution in [1.82, 2.24) is 19.0 Å². The zero-order chi connectivity index (χ0) is 21.6. The fourth-order valence-corrected chi connectivity index (χ4v) is 3.90. The van der Waals surface area contributed by atoms with Crippen LogP contribution >= 0.6 is 0 Å². The van der Waals surface area contributed by atoms with E-state index < -0.39 is 0 Å². The number of nitrogens with zero attached hydrogens (tertiary/aromatic N) is 4. The Labute approximate surface area is 175 Å². The van der Waals surface area contributed by atoms with E-state index in [1.165, 1.54) is 0 Å². The molecule has 8 nitrogen and oxygen atoms in total. The van der Waals surface area contributed by atoms with Crippen LogP contribution in [0.5, 0.6) is 5.75 Å². The van der Waals surface area contributed by atoms with Crippen molar-refractivity contribution in [3.63, 3.8) is 0 Å². The molecule has 2 N–H and O–H groups in total. The molecule has 0 radical (unpaired) electrons. The van der Waals surface area contributed by atoms with E-state index in [4.69, 9.17) is 4.98 Å². The Kier molecular flexibility index (Phi) is 5.01. The maximum absolute atomic E-state index is 12.8. The lowest BCUT2D eigenvalue weighted by atomic mass is 10.2. The van der Waals surface area contributed by atoms with Crippen LogP contribution in [0, 0.1) is 5.92 Å². The van der Waals surface area contributed by atoms with Gasteiger partial charge in [0.25, 0.3) is 5.91 Å². The predicted molar refractivity (Wildman–Crippen MR) is 115 cm³/mol. The van der Waals surface area contributed by atoms with Crippen LogP contribution in [0.25, 0.3) is 22.6 Å². The Morgan fingerprint density at radius 3 is 2.53 bits per heavy atom. The van der Waals surface area contributed by atoms with Crippen molar-refractivity contribution in [2.75, 3.05) is 18.4 Å². The van der Waals surface area contributed by atoms with Crippen molar-refractivity contribution < 1.29 is 14.7 Å². The van der Waals surface area contributed by atoms with Gasteiger partial charge in [-0.25, -0.2) is 4.98 Å². The molecule has 0 bridgehead atoms. The Morgan fingerprint density at radius 2 is 1.87 bits per heavy atom. The van der Waals surface area contributed by atoms with Gasteiger partial charge in [-0.05, 0) is 31.0 Å². The van der Waals surface area contributed by atoms with E-state index in [1.807, 2.05) is 43.7 Å². The van der Waals surface area contributed by atoms with Gasteiger partial charge < -0.3 is 24.5 Å². The number of aromatic nitrogens is 3. The largest absolute Gasteiger partial charge is 0.505 e. The summed E-state index contributed by atoms with van der Waals surface area (Å²) < 4.78 is 3.61. The SMILES string of the molecule is CC(C)C(=O)Nc1ccc2c(c1)nc(-c1c(O)c(C(=O)N3CCCC3)cn1C)n2C. The molecule has 1 aliphatic heterocycles. The predicted octanol–water partition coefficient (Wildman–Crippen LogP) is 3.11. The summed E-state index contributed by atoms with van der Waals surface area (Å²) in [6, 6.07) is 5.54. The van der Waals surface area contributed by atoms with E-state index in [9.17, 15) is 14.7 Å². The summed E-state index contributed by atoms with van der Waals surface area (Å²) in [6.45, 7) is 5.12. The molecule has 0 aliphatic carbocycles. The number of aromatic hydroxyl groups is 1.